The normalized spacial score (nSPS) is 15.7. The molecule has 1 saturated carbocycles. The first-order chi connectivity index (χ1) is 9.63. The third-order valence-electron chi connectivity index (χ3n) is 3.15. The van der Waals surface area contributed by atoms with Crippen LogP contribution < -0.4 is 15.4 Å². The maximum Gasteiger partial charge on any atom is 0.234 e. The number of benzene rings is 1. The predicted molar refractivity (Wildman–Crippen MR) is 80.1 cm³/mol. The number of nitrogens with one attached hydrogen (secondary N) is 2. The summed E-state index contributed by atoms with van der Waals surface area (Å²) in [4.78, 5) is 11.6. The molecule has 110 valence electrons. The highest BCUT2D eigenvalue weighted by Crippen LogP contribution is 2.27. The van der Waals surface area contributed by atoms with Crippen LogP contribution in [0.1, 0.15) is 19.8 Å². The Balaban J connectivity index is 1.59. The van der Waals surface area contributed by atoms with E-state index >= 15 is 0 Å². The average Bonchev–Trinajstić information content (AvgIpc) is 3.23. The molecule has 1 aromatic rings. The minimum absolute atomic E-state index is 0.0113. The van der Waals surface area contributed by atoms with E-state index in [2.05, 4.69) is 10.6 Å². The quantitative estimate of drug-likeness (QED) is 0.773. The summed E-state index contributed by atoms with van der Waals surface area (Å²) in [7, 11) is 0. The summed E-state index contributed by atoms with van der Waals surface area (Å²) in [5, 5.41) is 6.70. The summed E-state index contributed by atoms with van der Waals surface area (Å²) >= 11 is 5.81. The zero-order valence-corrected chi connectivity index (χ0v) is 12.5. The largest absolute Gasteiger partial charge is 0.489 e. The Labute approximate surface area is 124 Å². The fourth-order valence-corrected chi connectivity index (χ4v) is 1.94. The second-order valence-corrected chi connectivity index (χ2v) is 5.70. The van der Waals surface area contributed by atoms with Gasteiger partial charge in [0, 0.05) is 5.02 Å². The first-order valence-electron chi connectivity index (χ1n) is 7.03. The Kier molecular flexibility index (Phi) is 5.68. The van der Waals surface area contributed by atoms with Gasteiger partial charge in [-0.15, -0.1) is 0 Å². The third-order valence-corrected chi connectivity index (χ3v) is 3.41. The van der Waals surface area contributed by atoms with Crippen LogP contribution in [0.5, 0.6) is 5.75 Å². The molecule has 0 spiro atoms. The Morgan fingerprint density at radius 1 is 1.40 bits per heavy atom. The standard InChI is InChI=1S/C15H21ClN2O2/c1-11(20-14-6-4-13(16)5-7-14)8-18-15(19)10-17-9-12-2-3-12/h4-7,11-12,17H,2-3,8-10H2,1H3,(H,18,19). The number of ether oxygens (including phenoxy) is 1. The molecule has 1 fully saturated rings. The second-order valence-electron chi connectivity index (χ2n) is 5.26. The monoisotopic (exact) mass is 296 g/mol. The van der Waals surface area contributed by atoms with E-state index in [9.17, 15) is 4.79 Å². The topological polar surface area (TPSA) is 50.4 Å². The molecule has 1 amide bonds. The van der Waals surface area contributed by atoms with Crippen molar-refractivity contribution in [3.63, 3.8) is 0 Å². The van der Waals surface area contributed by atoms with Crippen molar-refractivity contribution in [2.75, 3.05) is 19.6 Å². The van der Waals surface area contributed by atoms with Crippen LogP contribution in [0.15, 0.2) is 24.3 Å². The van der Waals surface area contributed by atoms with Crippen molar-refractivity contribution >= 4 is 17.5 Å². The number of carbonyl (C=O) groups is 1. The predicted octanol–water partition coefficient (Wildman–Crippen LogP) is 2.22. The van der Waals surface area contributed by atoms with Crippen molar-refractivity contribution in [3.8, 4) is 5.75 Å². The molecule has 1 aromatic carbocycles. The van der Waals surface area contributed by atoms with Crippen LogP contribution in [0.4, 0.5) is 0 Å². The lowest BCUT2D eigenvalue weighted by Crippen LogP contribution is -2.39. The molecule has 1 aliphatic rings. The van der Waals surface area contributed by atoms with Crippen molar-refractivity contribution in [2.24, 2.45) is 5.92 Å². The van der Waals surface area contributed by atoms with Crippen LogP contribution in [0.2, 0.25) is 5.02 Å². The maximum absolute atomic E-state index is 11.6. The highest BCUT2D eigenvalue weighted by Gasteiger charge is 2.20. The zero-order chi connectivity index (χ0) is 14.4. The molecule has 4 nitrogen and oxygen atoms in total. The van der Waals surface area contributed by atoms with Gasteiger partial charge in [0.1, 0.15) is 11.9 Å². The summed E-state index contributed by atoms with van der Waals surface area (Å²) in [6, 6.07) is 7.20. The number of rotatable bonds is 8. The van der Waals surface area contributed by atoms with Gasteiger partial charge in [-0.3, -0.25) is 4.79 Å². The second kappa shape index (κ2) is 7.50. The lowest BCUT2D eigenvalue weighted by atomic mass is 10.3. The third kappa shape index (κ3) is 5.80. The first kappa shape index (κ1) is 15.1. The average molecular weight is 297 g/mol. The fourth-order valence-electron chi connectivity index (χ4n) is 1.82. The molecule has 0 aliphatic heterocycles. The van der Waals surface area contributed by atoms with E-state index in [-0.39, 0.29) is 12.0 Å². The molecule has 5 heteroatoms. The van der Waals surface area contributed by atoms with Gasteiger partial charge in [-0.2, -0.15) is 0 Å². The molecule has 0 heterocycles. The van der Waals surface area contributed by atoms with Crippen LogP contribution >= 0.6 is 11.6 Å². The minimum atomic E-state index is -0.0800. The van der Waals surface area contributed by atoms with Crippen LogP contribution in [0, 0.1) is 5.92 Å². The number of carbonyl (C=O) groups excluding carboxylic acids is 1. The van der Waals surface area contributed by atoms with Crippen molar-refractivity contribution in [1.29, 1.82) is 0 Å². The minimum Gasteiger partial charge on any atom is -0.489 e. The Hall–Kier alpha value is -1.26. The number of hydrogen-bond acceptors (Lipinski definition) is 3. The van der Waals surface area contributed by atoms with Gasteiger partial charge in [-0.05, 0) is 56.5 Å². The van der Waals surface area contributed by atoms with E-state index in [0.29, 0.717) is 18.1 Å². The first-order valence-corrected chi connectivity index (χ1v) is 7.41. The van der Waals surface area contributed by atoms with E-state index in [4.69, 9.17) is 16.3 Å². The van der Waals surface area contributed by atoms with E-state index in [0.717, 1.165) is 18.2 Å². The Bertz CT molecular complexity index is 432. The highest BCUT2D eigenvalue weighted by molar-refractivity contribution is 6.30. The maximum atomic E-state index is 11.6. The van der Waals surface area contributed by atoms with Gasteiger partial charge in [0.2, 0.25) is 5.91 Å². The Morgan fingerprint density at radius 3 is 2.75 bits per heavy atom. The van der Waals surface area contributed by atoms with Gasteiger partial charge in [-0.25, -0.2) is 0 Å². The summed E-state index contributed by atoms with van der Waals surface area (Å²) in [6.07, 6.45) is 2.50. The van der Waals surface area contributed by atoms with Crippen LogP contribution in [0.25, 0.3) is 0 Å². The number of halogens is 1. The fraction of sp³-hybridized carbons (Fsp3) is 0.533. The highest BCUT2D eigenvalue weighted by atomic mass is 35.5. The van der Waals surface area contributed by atoms with E-state index < -0.39 is 0 Å². The van der Waals surface area contributed by atoms with Gasteiger partial charge in [-0.1, -0.05) is 11.6 Å². The van der Waals surface area contributed by atoms with E-state index in [1.807, 2.05) is 19.1 Å². The van der Waals surface area contributed by atoms with Crippen molar-refractivity contribution < 1.29 is 9.53 Å². The Morgan fingerprint density at radius 2 is 2.10 bits per heavy atom. The molecule has 2 rings (SSSR count). The van der Waals surface area contributed by atoms with E-state index in [1.165, 1.54) is 12.8 Å². The molecule has 20 heavy (non-hydrogen) atoms. The molecular weight excluding hydrogens is 276 g/mol. The lowest BCUT2D eigenvalue weighted by molar-refractivity contribution is -0.120. The van der Waals surface area contributed by atoms with Crippen molar-refractivity contribution in [3.05, 3.63) is 29.3 Å². The molecule has 1 unspecified atom stereocenters. The molecule has 0 bridgehead atoms. The number of amides is 1. The molecule has 2 N–H and O–H groups in total. The van der Waals surface area contributed by atoms with Gasteiger partial charge < -0.3 is 15.4 Å². The smallest absolute Gasteiger partial charge is 0.234 e. The van der Waals surface area contributed by atoms with Crippen LogP contribution in [-0.2, 0) is 4.79 Å². The van der Waals surface area contributed by atoms with Crippen molar-refractivity contribution in [1.82, 2.24) is 10.6 Å². The van der Waals surface area contributed by atoms with Gasteiger partial charge in [0.15, 0.2) is 0 Å². The van der Waals surface area contributed by atoms with Crippen LogP contribution in [0.3, 0.4) is 0 Å². The molecule has 1 atom stereocenters. The summed E-state index contributed by atoms with van der Waals surface area (Å²) in [5.74, 6) is 1.55. The van der Waals surface area contributed by atoms with Crippen LogP contribution in [-0.4, -0.2) is 31.6 Å². The summed E-state index contributed by atoms with van der Waals surface area (Å²) < 4.78 is 5.68. The van der Waals surface area contributed by atoms with Gasteiger partial charge in [0.25, 0.3) is 0 Å². The zero-order valence-electron chi connectivity index (χ0n) is 11.7. The summed E-state index contributed by atoms with van der Waals surface area (Å²) in [5.41, 5.74) is 0. The SMILES string of the molecule is CC(CNC(=O)CNCC1CC1)Oc1ccc(Cl)cc1. The van der Waals surface area contributed by atoms with Crippen molar-refractivity contribution in [2.45, 2.75) is 25.9 Å². The molecule has 0 radical (unpaired) electrons. The van der Waals surface area contributed by atoms with Gasteiger partial charge >= 0.3 is 0 Å². The van der Waals surface area contributed by atoms with E-state index in [1.54, 1.807) is 12.1 Å². The molecule has 1 aliphatic carbocycles. The number of hydrogen-bond donors (Lipinski definition) is 2. The molecule has 0 aromatic heterocycles. The summed E-state index contributed by atoms with van der Waals surface area (Å²) in [6.45, 7) is 3.74. The molecule has 0 saturated heterocycles. The van der Waals surface area contributed by atoms with Gasteiger partial charge in [0.05, 0.1) is 13.1 Å². The molecular formula is C15H21ClN2O2. The lowest BCUT2D eigenvalue weighted by Gasteiger charge is -2.15.